The van der Waals surface area contributed by atoms with Crippen LogP contribution in [0, 0.1) is 17.2 Å². The lowest BCUT2D eigenvalue weighted by molar-refractivity contribution is -0.140. The number of rotatable bonds is 6. The summed E-state index contributed by atoms with van der Waals surface area (Å²) in [5.41, 5.74) is 2.01. The molecule has 0 fully saturated rings. The molecule has 1 heterocycles. The van der Waals surface area contributed by atoms with E-state index < -0.39 is 11.9 Å². The van der Waals surface area contributed by atoms with Gasteiger partial charge in [-0.15, -0.1) is 11.3 Å². The number of hydrogen-bond acceptors (Lipinski definition) is 4. The van der Waals surface area contributed by atoms with Crippen LogP contribution in [0.5, 0.6) is 0 Å². The fraction of sp³-hybridized carbons (Fsp3) is 0.625. The van der Waals surface area contributed by atoms with Crippen molar-refractivity contribution in [3.8, 4) is 6.07 Å². The number of hydrogen-bond donors (Lipinski definition) is 1. The molecule has 114 valence electrons. The standard InChI is InChI=1S/C16H22N2O2S/c1-3-8-18(10-11(2)16(19)20)15-13(9-17)12-6-4-5-7-14(12)21-15/h11H,3-8,10H2,1-2H3,(H,19,20). The summed E-state index contributed by atoms with van der Waals surface area (Å²) in [5.74, 6) is -1.21. The molecular formula is C16H22N2O2S. The molecule has 2 rings (SSSR count). The number of carboxylic acid groups (broad SMARTS) is 1. The highest BCUT2D eigenvalue weighted by atomic mass is 32.1. The number of aryl methyl sites for hydroxylation is 1. The molecule has 1 aliphatic rings. The molecule has 0 radical (unpaired) electrons. The van der Waals surface area contributed by atoms with Crippen molar-refractivity contribution in [1.29, 1.82) is 5.26 Å². The van der Waals surface area contributed by atoms with Crippen molar-refractivity contribution in [3.63, 3.8) is 0 Å². The van der Waals surface area contributed by atoms with Crippen molar-refractivity contribution in [2.45, 2.75) is 46.0 Å². The molecule has 5 heteroatoms. The highest BCUT2D eigenvalue weighted by Gasteiger charge is 2.25. The van der Waals surface area contributed by atoms with Crippen molar-refractivity contribution in [3.05, 3.63) is 16.0 Å². The maximum Gasteiger partial charge on any atom is 0.308 e. The van der Waals surface area contributed by atoms with Gasteiger partial charge < -0.3 is 10.0 Å². The summed E-state index contributed by atoms with van der Waals surface area (Å²) in [5, 5.41) is 19.7. The van der Waals surface area contributed by atoms with E-state index in [0.29, 0.717) is 6.54 Å². The zero-order chi connectivity index (χ0) is 15.4. The summed E-state index contributed by atoms with van der Waals surface area (Å²) in [6.45, 7) is 5.07. The van der Waals surface area contributed by atoms with Gasteiger partial charge in [0.1, 0.15) is 11.1 Å². The molecule has 0 spiro atoms. The lowest BCUT2D eigenvalue weighted by Gasteiger charge is -2.25. The minimum absolute atomic E-state index is 0.428. The first-order valence-corrected chi connectivity index (χ1v) is 8.42. The smallest absolute Gasteiger partial charge is 0.308 e. The Morgan fingerprint density at radius 2 is 2.19 bits per heavy atom. The lowest BCUT2D eigenvalue weighted by atomic mass is 9.96. The molecule has 1 N–H and O–H groups in total. The van der Waals surface area contributed by atoms with Crippen molar-refractivity contribution in [2.75, 3.05) is 18.0 Å². The van der Waals surface area contributed by atoms with Crippen molar-refractivity contribution >= 4 is 22.3 Å². The van der Waals surface area contributed by atoms with Gasteiger partial charge in [-0.25, -0.2) is 0 Å². The Labute approximate surface area is 130 Å². The summed E-state index contributed by atoms with van der Waals surface area (Å²) in [6.07, 6.45) is 5.33. The van der Waals surface area contributed by atoms with Gasteiger partial charge in [-0.3, -0.25) is 4.79 Å². The van der Waals surface area contributed by atoms with Crippen molar-refractivity contribution < 1.29 is 9.90 Å². The van der Waals surface area contributed by atoms with E-state index in [9.17, 15) is 10.1 Å². The molecule has 0 aliphatic heterocycles. The molecule has 1 atom stereocenters. The van der Waals surface area contributed by atoms with E-state index in [0.717, 1.165) is 42.8 Å². The van der Waals surface area contributed by atoms with Gasteiger partial charge in [0.2, 0.25) is 0 Å². The summed E-state index contributed by atoms with van der Waals surface area (Å²) in [4.78, 5) is 14.6. The molecule has 1 aromatic heterocycles. The van der Waals surface area contributed by atoms with Crippen LogP contribution in [0.15, 0.2) is 0 Å². The molecular weight excluding hydrogens is 284 g/mol. The monoisotopic (exact) mass is 306 g/mol. The summed E-state index contributed by atoms with van der Waals surface area (Å²) in [6, 6.07) is 2.37. The summed E-state index contributed by atoms with van der Waals surface area (Å²) in [7, 11) is 0. The van der Waals surface area contributed by atoms with Gasteiger partial charge in [0.15, 0.2) is 0 Å². The molecule has 4 nitrogen and oxygen atoms in total. The Bertz CT molecular complexity index is 559. The molecule has 0 saturated heterocycles. The first kappa shape index (κ1) is 15.8. The van der Waals surface area contributed by atoms with E-state index in [1.165, 1.54) is 16.9 Å². The second-order valence-corrected chi connectivity index (χ2v) is 6.77. The van der Waals surface area contributed by atoms with Gasteiger partial charge in [-0.2, -0.15) is 5.26 Å². The minimum atomic E-state index is -0.782. The van der Waals surface area contributed by atoms with E-state index in [4.69, 9.17) is 5.11 Å². The summed E-state index contributed by atoms with van der Waals surface area (Å²) >= 11 is 1.70. The number of carbonyl (C=O) groups is 1. The summed E-state index contributed by atoms with van der Waals surface area (Å²) < 4.78 is 0. The average molecular weight is 306 g/mol. The third-order valence-corrected chi connectivity index (χ3v) is 5.31. The lowest BCUT2D eigenvalue weighted by Crippen LogP contribution is -2.32. The van der Waals surface area contributed by atoms with Gasteiger partial charge in [0, 0.05) is 18.0 Å². The Morgan fingerprint density at radius 3 is 2.81 bits per heavy atom. The third-order valence-electron chi connectivity index (χ3n) is 3.96. The Morgan fingerprint density at radius 1 is 1.48 bits per heavy atom. The highest BCUT2D eigenvalue weighted by Crippen LogP contribution is 2.40. The molecule has 1 unspecified atom stereocenters. The number of nitrogens with zero attached hydrogens (tertiary/aromatic N) is 2. The molecule has 0 bridgehead atoms. The fourth-order valence-corrected chi connectivity index (χ4v) is 4.22. The largest absolute Gasteiger partial charge is 0.481 e. The van der Waals surface area contributed by atoms with Crippen molar-refractivity contribution in [1.82, 2.24) is 0 Å². The van der Waals surface area contributed by atoms with E-state index in [-0.39, 0.29) is 0 Å². The molecule has 0 aromatic carbocycles. The Kier molecular flexibility index (Phi) is 5.24. The molecule has 1 aliphatic carbocycles. The first-order chi connectivity index (χ1) is 10.1. The second-order valence-electron chi connectivity index (χ2n) is 5.69. The van der Waals surface area contributed by atoms with Gasteiger partial charge in [-0.05, 0) is 37.7 Å². The molecule has 1 aromatic rings. The molecule has 21 heavy (non-hydrogen) atoms. The number of fused-ring (bicyclic) bond motifs is 1. The van der Waals surface area contributed by atoms with E-state index >= 15 is 0 Å². The second kappa shape index (κ2) is 6.95. The van der Waals surface area contributed by atoms with Gasteiger partial charge in [0.05, 0.1) is 11.5 Å². The third kappa shape index (κ3) is 3.38. The SMILES string of the molecule is CCCN(CC(C)C(=O)O)c1sc2c(c1C#N)CCCC2. The van der Waals surface area contributed by atoms with Crippen LogP contribution < -0.4 is 4.90 Å². The first-order valence-electron chi connectivity index (χ1n) is 7.60. The number of anilines is 1. The van der Waals surface area contributed by atoms with Gasteiger partial charge in [0.25, 0.3) is 0 Å². The predicted octanol–water partition coefficient (Wildman–Crippen LogP) is 3.44. The highest BCUT2D eigenvalue weighted by molar-refractivity contribution is 7.16. The van der Waals surface area contributed by atoms with Crippen LogP contribution >= 0.6 is 11.3 Å². The quantitative estimate of drug-likeness (QED) is 0.874. The number of nitriles is 1. The molecule has 0 amide bonds. The number of carboxylic acids is 1. The molecule has 0 saturated carbocycles. The van der Waals surface area contributed by atoms with E-state index in [2.05, 4.69) is 17.9 Å². The minimum Gasteiger partial charge on any atom is -0.481 e. The van der Waals surface area contributed by atoms with Crippen LogP contribution in [0.2, 0.25) is 0 Å². The number of thiophene rings is 1. The van der Waals surface area contributed by atoms with Crippen LogP contribution in [0.25, 0.3) is 0 Å². The Hall–Kier alpha value is -1.54. The average Bonchev–Trinajstić information content (AvgIpc) is 2.84. The Balaban J connectivity index is 2.33. The maximum atomic E-state index is 11.1. The normalized spacial score (nSPS) is 15.1. The van der Waals surface area contributed by atoms with Crippen LogP contribution in [-0.4, -0.2) is 24.2 Å². The van der Waals surface area contributed by atoms with Crippen LogP contribution in [0.4, 0.5) is 5.00 Å². The zero-order valence-electron chi connectivity index (χ0n) is 12.7. The van der Waals surface area contributed by atoms with Crippen LogP contribution in [0.1, 0.15) is 49.1 Å². The fourth-order valence-electron chi connectivity index (χ4n) is 2.84. The predicted molar refractivity (Wildman–Crippen MR) is 85.0 cm³/mol. The van der Waals surface area contributed by atoms with Crippen molar-refractivity contribution in [2.24, 2.45) is 5.92 Å². The topological polar surface area (TPSA) is 64.3 Å². The van der Waals surface area contributed by atoms with Gasteiger partial charge in [-0.1, -0.05) is 13.8 Å². The van der Waals surface area contributed by atoms with Gasteiger partial charge >= 0.3 is 5.97 Å². The van der Waals surface area contributed by atoms with Crippen LogP contribution in [0.3, 0.4) is 0 Å². The van der Waals surface area contributed by atoms with E-state index in [1.54, 1.807) is 18.3 Å². The zero-order valence-corrected chi connectivity index (χ0v) is 13.5. The number of aliphatic carboxylic acids is 1. The van der Waals surface area contributed by atoms with E-state index in [1.807, 2.05) is 0 Å². The van der Waals surface area contributed by atoms with Crippen LogP contribution in [-0.2, 0) is 17.6 Å². The maximum absolute atomic E-state index is 11.1.